The van der Waals surface area contributed by atoms with Gasteiger partial charge in [0.1, 0.15) is 11.0 Å². The summed E-state index contributed by atoms with van der Waals surface area (Å²) in [4.78, 5) is 20.4. The zero-order valence-electron chi connectivity index (χ0n) is 11.4. The summed E-state index contributed by atoms with van der Waals surface area (Å²) in [5, 5.41) is 0. The lowest BCUT2D eigenvalue weighted by Gasteiger charge is -2.07. The zero-order valence-corrected chi connectivity index (χ0v) is 12.2. The number of amides is 1. The van der Waals surface area contributed by atoms with Gasteiger partial charge < -0.3 is 0 Å². The molecule has 1 aromatic heterocycles. The first-order valence-corrected chi connectivity index (χ1v) is 8.11. The van der Waals surface area contributed by atoms with Crippen molar-refractivity contribution in [1.29, 1.82) is 0 Å². The number of carbonyl (C=O) groups excluding carboxylic acids is 1. The molecule has 6 nitrogen and oxygen atoms in total. The van der Waals surface area contributed by atoms with Gasteiger partial charge in [-0.15, -0.1) is 0 Å². The van der Waals surface area contributed by atoms with E-state index in [9.17, 15) is 17.6 Å². The molecule has 3 aromatic rings. The molecule has 0 unspecified atom stereocenters. The molecule has 112 valence electrons. The van der Waals surface area contributed by atoms with Gasteiger partial charge in [-0.1, -0.05) is 12.1 Å². The number of sulfonamides is 1. The SMILES string of the molecule is CS(=O)(=O)NC(=O)c1cccc2nc3cccc(F)c3nc12. The first kappa shape index (κ1) is 14.3. The minimum atomic E-state index is -3.71. The Balaban J connectivity index is 2.27. The molecule has 2 aromatic carbocycles. The summed E-state index contributed by atoms with van der Waals surface area (Å²) in [7, 11) is -3.71. The lowest BCUT2D eigenvalue weighted by Crippen LogP contribution is -2.29. The minimum Gasteiger partial charge on any atom is -0.268 e. The number of rotatable bonds is 2. The van der Waals surface area contributed by atoms with Crippen molar-refractivity contribution in [2.24, 2.45) is 0 Å². The van der Waals surface area contributed by atoms with Crippen LogP contribution in [0.25, 0.3) is 22.1 Å². The van der Waals surface area contributed by atoms with Crippen molar-refractivity contribution in [3.63, 3.8) is 0 Å². The van der Waals surface area contributed by atoms with Gasteiger partial charge in [0.2, 0.25) is 10.0 Å². The van der Waals surface area contributed by atoms with Gasteiger partial charge in [0.25, 0.3) is 5.91 Å². The maximum absolute atomic E-state index is 13.8. The third-order valence-electron chi connectivity index (χ3n) is 2.97. The van der Waals surface area contributed by atoms with Crippen LogP contribution in [0.5, 0.6) is 0 Å². The highest BCUT2D eigenvalue weighted by Crippen LogP contribution is 2.21. The van der Waals surface area contributed by atoms with E-state index in [2.05, 4.69) is 9.97 Å². The summed E-state index contributed by atoms with van der Waals surface area (Å²) in [6, 6.07) is 8.93. The fraction of sp³-hybridized carbons (Fsp3) is 0.0714. The Morgan fingerprint density at radius 2 is 1.68 bits per heavy atom. The quantitative estimate of drug-likeness (QED) is 0.725. The van der Waals surface area contributed by atoms with E-state index in [0.717, 1.165) is 6.26 Å². The number of benzene rings is 2. The van der Waals surface area contributed by atoms with Crippen LogP contribution in [0.3, 0.4) is 0 Å². The zero-order chi connectivity index (χ0) is 15.9. The van der Waals surface area contributed by atoms with E-state index in [1.54, 1.807) is 18.2 Å². The van der Waals surface area contributed by atoms with Crippen molar-refractivity contribution in [2.75, 3.05) is 6.26 Å². The maximum atomic E-state index is 13.8. The summed E-state index contributed by atoms with van der Waals surface area (Å²) in [5.41, 5.74) is 0.906. The molecule has 0 fully saturated rings. The highest BCUT2D eigenvalue weighted by molar-refractivity contribution is 7.89. The molecular formula is C14H10FN3O3S. The molecule has 1 heterocycles. The molecule has 3 rings (SSSR count). The van der Waals surface area contributed by atoms with Gasteiger partial charge in [0.15, 0.2) is 5.82 Å². The van der Waals surface area contributed by atoms with Crippen molar-refractivity contribution in [3.05, 3.63) is 47.8 Å². The maximum Gasteiger partial charge on any atom is 0.266 e. The highest BCUT2D eigenvalue weighted by atomic mass is 32.2. The van der Waals surface area contributed by atoms with Gasteiger partial charge in [0, 0.05) is 0 Å². The lowest BCUT2D eigenvalue weighted by molar-refractivity contribution is 0.0983. The van der Waals surface area contributed by atoms with Gasteiger partial charge in [-0.25, -0.2) is 27.5 Å². The number of hydrogen-bond donors (Lipinski definition) is 1. The second kappa shape index (κ2) is 4.99. The van der Waals surface area contributed by atoms with E-state index in [1.807, 2.05) is 4.72 Å². The number of nitrogens with zero attached hydrogens (tertiary/aromatic N) is 2. The van der Waals surface area contributed by atoms with Gasteiger partial charge >= 0.3 is 0 Å². The smallest absolute Gasteiger partial charge is 0.266 e. The number of hydrogen-bond acceptors (Lipinski definition) is 5. The van der Waals surface area contributed by atoms with Crippen LogP contribution in [0.1, 0.15) is 10.4 Å². The third-order valence-corrected chi connectivity index (χ3v) is 3.52. The second-order valence-corrected chi connectivity index (χ2v) is 6.46. The average molecular weight is 319 g/mol. The van der Waals surface area contributed by atoms with Crippen LogP contribution in [-0.2, 0) is 10.0 Å². The summed E-state index contributed by atoms with van der Waals surface area (Å²) < 4.78 is 38.1. The molecule has 0 bridgehead atoms. The molecule has 1 N–H and O–H groups in total. The van der Waals surface area contributed by atoms with Crippen LogP contribution < -0.4 is 4.72 Å². The van der Waals surface area contributed by atoms with Gasteiger partial charge in [-0.3, -0.25) is 4.79 Å². The number of halogens is 1. The van der Waals surface area contributed by atoms with Crippen molar-refractivity contribution >= 4 is 38.0 Å². The monoisotopic (exact) mass is 319 g/mol. The molecule has 22 heavy (non-hydrogen) atoms. The molecule has 0 aliphatic rings. The van der Waals surface area contributed by atoms with E-state index in [-0.39, 0.29) is 16.6 Å². The molecule has 0 saturated heterocycles. The van der Waals surface area contributed by atoms with Crippen molar-refractivity contribution < 1.29 is 17.6 Å². The largest absolute Gasteiger partial charge is 0.268 e. The summed E-state index contributed by atoms with van der Waals surface area (Å²) in [6.45, 7) is 0. The Bertz CT molecular complexity index is 1020. The predicted octanol–water partition coefficient (Wildman–Crippen LogP) is 1.61. The molecule has 0 saturated carbocycles. The normalized spacial score (nSPS) is 11.7. The summed E-state index contributed by atoms with van der Waals surface area (Å²) >= 11 is 0. The van der Waals surface area contributed by atoms with Gasteiger partial charge in [0.05, 0.1) is 22.9 Å². The van der Waals surface area contributed by atoms with Crippen LogP contribution in [-0.4, -0.2) is 30.5 Å². The Hall–Kier alpha value is -2.61. The standard InChI is InChI=1S/C14H10FN3O3S/c1-22(20,21)18-14(19)8-4-2-6-10-12(8)17-13-9(15)5-3-7-11(13)16-10/h2-7H,1H3,(H,18,19). The topological polar surface area (TPSA) is 89.0 Å². The number of aromatic nitrogens is 2. The lowest BCUT2D eigenvalue weighted by atomic mass is 10.1. The van der Waals surface area contributed by atoms with Crippen molar-refractivity contribution in [2.45, 2.75) is 0 Å². The molecule has 8 heteroatoms. The van der Waals surface area contributed by atoms with E-state index >= 15 is 0 Å². The van der Waals surface area contributed by atoms with Crippen LogP contribution in [0.2, 0.25) is 0 Å². The molecule has 0 atom stereocenters. The summed E-state index contributed by atoms with van der Waals surface area (Å²) in [5.74, 6) is -1.40. The van der Waals surface area contributed by atoms with E-state index in [1.165, 1.54) is 18.2 Å². The van der Waals surface area contributed by atoms with Crippen LogP contribution in [0.4, 0.5) is 4.39 Å². The fourth-order valence-electron chi connectivity index (χ4n) is 2.09. The average Bonchev–Trinajstić information content (AvgIpc) is 2.43. The van der Waals surface area contributed by atoms with Crippen molar-refractivity contribution in [1.82, 2.24) is 14.7 Å². The van der Waals surface area contributed by atoms with E-state index in [4.69, 9.17) is 0 Å². The molecular weight excluding hydrogens is 309 g/mol. The fourth-order valence-corrected chi connectivity index (χ4v) is 2.54. The second-order valence-electron chi connectivity index (χ2n) is 4.71. The van der Waals surface area contributed by atoms with E-state index in [0.29, 0.717) is 11.0 Å². The van der Waals surface area contributed by atoms with Crippen molar-refractivity contribution in [3.8, 4) is 0 Å². The molecule has 0 aliphatic carbocycles. The van der Waals surface area contributed by atoms with Gasteiger partial charge in [-0.05, 0) is 24.3 Å². The molecule has 0 aliphatic heterocycles. The molecule has 1 amide bonds. The highest BCUT2D eigenvalue weighted by Gasteiger charge is 2.16. The Morgan fingerprint density at radius 1 is 1.05 bits per heavy atom. The number of para-hydroxylation sites is 2. The Morgan fingerprint density at radius 3 is 2.36 bits per heavy atom. The van der Waals surface area contributed by atoms with E-state index < -0.39 is 21.7 Å². The predicted molar refractivity (Wildman–Crippen MR) is 79.3 cm³/mol. The van der Waals surface area contributed by atoms with Crippen LogP contribution in [0, 0.1) is 5.82 Å². The van der Waals surface area contributed by atoms with Gasteiger partial charge in [-0.2, -0.15) is 0 Å². The molecule has 0 radical (unpaired) electrons. The minimum absolute atomic E-state index is 0.0144. The molecule has 0 spiro atoms. The number of carbonyl (C=O) groups is 1. The first-order chi connectivity index (χ1) is 10.3. The summed E-state index contributed by atoms with van der Waals surface area (Å²) in [6.07, 6.45) is 0.872. The van der Waals surface area contributed by atoms with Crippen LogP contribution in [0.15, 0.2) is 36.4 Å². The Labute approximate surface area is 125 Å². The van der Waals surface area contributed by atoms with Crippen LogP contribution >= 0.6 is 0 Å². The Kier molecular flexibility index (Phi) is 3.25. The number of nitrogens with one attached hydrogen (secondary N) is 1. The first-order valence-electron chi connectivity index (χ1n) is 6.22. The third kappa shape index (κ3) is 2.60. The number of fused-ring (bicyclic) bond motifs is 2.